The Bertz CT molecular complexity index is 942. The van der Waals surface area contributed by atoms with Crippen LogP contribution in [0.5, 0.6) is 0 Å². The van der Waals surface area contributed by atoms with Crippen LogP contribution in [0.25, 0.3) is 0 Å². The van der Waals surface area contributed by atoms with Crippen LogP contribution in [0, 0.1) is 20.8 Å². The monoisotopic (exact) mass is 371 g/mol. The number of nitrogens with zero attached hydrogens (tertiary/aromatic N) is 2. The van der Waals surface area contributed by atoms with E-state index in [-0.39, 0.29) is 11.9 Å². The number of benzene rings is 1. The second-order valence-electron chi connectivity index (χ2n) is 6.44. The summed E-state index contributed by atoms with van der Waals surface area (Å²) >= 11 is 6.24. The minimum absolute atomic E-state index is 0.160. The number of nitrogens with one attached hydrogen (secondary N) is 1. The van der Waals surface area contributed by atoms with Crippen molar-refractivity contribution in [3.8, 4) is 0 Å². The summed E-state index contributed by atoms with van der Waals surface area (Å²) in [6.07, 6.45) is 0. The van der Waals surface area contributed by atoms with Crippen LogP contribution in [-0.4, -0.2) is 15.7 Å². The van der Waals surface area contributed by atoms with E-state index >= 15 is 0 Å². The first kappa shape index (κ1) is 18.3. The molecule has 1 amide bonds. The second-order valence-corrected chi connectivity index (χ2v) is 6.85. The summed E-state index contributed by atoms with van der Waals surface area (Å²) in [5.41, 5.74) is 3.05. The molecule has 0 bridgehead atoms. The normalized spacial score (nSPS) is 12.2. The quantitative estimate of drug-likeness (QED) is 0.713. The summed E-state index contributed by atoms with van der Waals surface area (Å²) in [6.45, 7) is 8.03. The Morgan fingerprint density at radius 1 is 1.23 bits per heavy atom. The van der Waals surface area contributed by atoms with Gasteiger partial charge in [0.1, 0.15) is 11.5 Å². The third kappa shape index (κ3) is 3.68. The second kappa shape index (κ2) is 7.38. The van der Waals surface area contributed by atoms with Gasteiger partial charge in [-0.1, -0.05) is 29.8 Å². The number of amides is 1. The fraction of sp³-hybridized carbons (Fsp3) is 0.300. The molecule has 136 valence electrons. The van der Waals surface area contributed by atoms with E-state index in [9.17, 15) is 4.79 Å². The highest BCUT2D eigenvalue weighted by molar-refractivity contribution is 6.31. The van der Waals surface area contributed by atoms with Gasteiger partial charge in [-0.3, -0.25) is 9.48 Å². The fourth-order valence-electron chi connectivity index (χ4n) is 2.99. The maximum atomic E-state index is 12.8. The number of rotatable bonds is 5. The lowest BCUT2D eigenvalue weighted by molar-refractivity contribution is 0.0933. The molecule has 0 aliphatic rings. The lowest BCUT2D eigenvalue weighted by Crippen LogP contribution is -2.27. The van der Waals surface area contributed by atoms with Crippen molar-refractivity contribution in [2.45, 2.75) is 40.3 Å². The van der Waals surface area contributed by atoms with Crippen LogP contribution >= 0.6 is 11.6 Å². The molecule has 1 N–H and O–H groups in total. The molecule has 0 saturated carbocycles. The first-order valence-electron chi connectivity index (χ1n) is 8.51. The minimum Gasteiger partial charge on any atom is -0.464 e. The average molecular weight is 372 g/mol. The van der Waals surface area contributed by atoms with E-state index in [1.807, 2.05) is 68.8 Å². The zero-order valence-corrected chi connectivity index (χ0v) is 16.1. The Hall–Kier alpha value is -2.53. The Morgan fingerprint density at radius 2 is 1.96 bits per heavy atom. The molecule has 2 aromatic heterocycles. The molecule has 0 aliphatic heterocycles. The summed E-state index contributed by atoms with van der Waals surface area (Å²) in [5.74, 6) is 1.39. The summed E-state index contributed by atoms with van der Waals surface area (Å²) in [7, 11) is 0. The molecule has 5 nitrogen and oxygen atoms in total. The number of aromatic nitrogens is 2. The summed E-state index contributed by atoms with van der Waals surface area (Å²) in [6, 6.07) is 11.2. The molecule has 1 aromatic carbocycles. The van der Waals surface area contributed by atoms with Crippen LogP contribution in [0.2, 0.25) is 5.02 Å². The largest absolute Gasteiger partial charge is 0.464 e. The average Bonchev–Trinajstić information content (AvgIpc) is 3.13. The molecule has 1 unspecified atom stereocenters. The number of furan rings is 1. The Balaban J connectivity index is 1.81. The van der Waals surface area contributed by atoms with Crippen LogP contribution in [0.15, 0.2) is 40.8 Å². The molecule has 0 aliphatic carbocycles. The number of hydrogen-bond donors (Lipinski definition) is 1. The van der Waals surface area contributed by atoms with Crippen LogP contribution in [0.4, 0.5) is 0 Å². The van der Waals surface area contributed by atoms with Crippen molar-refractivity contribution in [3.05, 3.63) is 75.5 Å². The van der Waals surface area contributed by atoms with Gasteiger partial charge < -0.3 is 9.73 Å². The predicted octanol–water partition coefficient (Wildman–Crippen LogP) is 4.59. The van der Waals surface area contributed by atoms with Gasteiger partial charge >= 0.3 is 0 Å². The van der Waals surface area contributed by atoms with Gasteiger partial charge in [0.25, 0.3) is 5.91 Å². The van der Waals surface area contributed by atoms with E-state index in [2.05, 4.69) is 10.4 Å². The van der Waals surface area contributed by atoms with E-state index in [4.69, 9.17) is 16.0 Å². The van der Waals surface area contributed by atoms with Crippen molar-refractivity contribution in [2.75, 3.05) is 0 Å². The fourth-order valence-corrected chi connectivity index (χ4v) is 3.19. The molecular weight excluding hydrogens is 350 g/mol. The topological polar surface area (TPSA) is 60.1 Å². The lowest BCUT2D eigenvalue weighted by Gasteiger charge is -2.12. The molecular formula is C20H22ClN3O2. The SMILES string of the molecule is Cc1ccc(C(C)NC(=O)c2c(C)nn(Cc3ccccc3Cl)c2C)o1. The third-order valence-electron chi connectivity index (χ3n) is 4.42. The molecule has 1 atom stereocenters. The highest BCUT2D eigenvalue weighted by Crippen LogP contribution is 2.21. The summed E-state index contributed by atoms with van der Waals surface area (Å²) < 4.78 is 7.40. The number of halogens is 1. The number of hydrogen-bond acceptors (Lipinski definition) is 3. The molecule has 0 radical (unpaired) electrons. The zero-order chi connectivity index (χ0) is 18.8. The van der Waals surface area contributed by atoms with Crippen LogP contribution in [0.1, 0.15) is 51.8 Å². The maximum Gasteiger partial charge on any atom is 0.255 e. The van der Waals surface area contributed by atoms with Crippen molar-refractivity contribution >= 4 is 17.5 Å². The van der Waals surface area contributed by atoms with E-state index in [1.165, 1.54) is 0 Å². The molecule has 2 heterocycles. The van der Waals surface area contributed by atoms with Gasteiger partial charge in [0.2, 0.25) is 0 Å². The smallest absolute Gasteiger partial charge is 0.255 e. The molecule has 0 spiro atoms. The van der Waals surface area contributed by atoms with Gasteiger partial charge in [0, 0.05) is 10.7 Å². The van der Waals surface area contributed by atoms with Gasteiger partial charge in [0.15, 0.2) is 0 Å². The van der Waals surface area contributed by atoms with Crippen molar-refractivity contribution in [3.63, 3.8) is 0 Å². The molecule has 3 rings (SSSR count). The minimum atomic E-state index is -0.220. The van der Waals surface area contributed by atoms with Crippen molar-refractivity contribution < 1.29 is 9.21 Å². The standard InChI is InChI=1S/C20H22ClN3O2/c1-12-9-10-18(26-12)13(2)22-20(25)19-14(3)23-24(15(19)4)11-16-7-5-6-8-17(16)21/h5-10,13H,11H2,1-4H3,(H,22,25). The van der Waals surface area contributed by atoms with E-state index in [0.717, 1.165) is 22.8 Å². The maximum absolute atomic E-state index is 12.8. The molecule has 3 aromatic rings. The summed E-state index contributed by atoms with van der Waals surface area (Å²) in [5, 5.41) is 8.20. The van der Waals surface area contributed by atoms with Crippen LogP contribution in [-0.2, 0) is 6.54 Å². The Morgan fingerprint density at radius 3 is 2.62 bits per heavy atom. The van der Waals surface area contributed by atoms with E-state index < -0.39 is 0 Å². The number of carbonyl (C=O) groups is 1. The van der Waals surface area contributed by atoms with Gasteiger partial charge in [-0.25, -0.2) is 0 Å². The van der Waals surface area contributed by atoms with E-state index in [1.54, 1.807) is 0 Å². The highest BCUT2D eigenvalue weighted by atomic mass is 35.5. The first-order valence-corrected chi connectivity index (χ1v) is 8.89. The lowest BCUT2D eigenvalue weighted by atomic mass is 10.1. The molecule has 6 heteroatoms. The molecule has 26 heavy (non-hydrogen) atoms. The van der Waals surface area contributed by atoms with Crippen molar-refractivity contribution in [1.82, 2.24) is 15.1 Å². The summed E-state index contributed by atoms with van der Waals surface area (Å²) in [4.78, 5) is 12.8. The van der Waals surface area contributed by atoms with E-state index in [0.29, 0.717) is 22.8 Å². The number of carbonyl (C=O) groups excluding carboxylic acids is 1. The Labute approximate surface area is 158 Å². The Kier molecular flexibility index (Phi) is 5.18. The van der Waals surface area contributed by atoms with Crippen LogP contribution < -0.4 is 5.32 Å². The molecule has 0 fully saturated rings. The highest BCUT2D eigenvalue weighted by Gasteiger charge is 2.21. The van der Waals surface area contributed by atoms with Crippen molar-refractivity contribution in [2.24, 2.45) is 0 Å². The third-order valence-corrected chi connectivity index (χ3v) is 4.79. The van der Waals surface area contributed by atoms with Gasteiger partial charge in [-0.05, 0) is 51.5 Å². The predicted molar refractivity (Wildman–Crippen MR) is 102 cm³/mol. The van der Waals surface area contributed by atoms with Crippen molar-refractivity contribution in [1.29, 1.82) is 0 Å². The van der Waals surface area contributed by atoms with Gasteiger partial charge in [0.05, 0.1) is 23.8 Å². The molecule has 0 saturated heterocycles. The number of aryl methyl sites for hydroxylation is 2. The zero-order valence-electron chi connectivity index (χ0n) is 15.3. The van der Waals surface area contributed by atoms with Gasteiger partial charge in [-0.15, -0.1) is 0 Å². The first-order chi connectivity index (χ1) is 12.4. The van der Waals surface area contributed by atoms with Gasteiger partial charge in [-0.2, -0.15) is 5.10 Å². The van der Waals surface area contributed by atoms with Crippen LogP contribution in [0.3, 0.4) is 0 Å².